The van der Waals surface area contributed by atoms with Gasteiger partial charge in [-0.1, -0.05) is 0 Å². The van der Waals surface area contributed by atoms with E-state index in [-0.39, 0.29) is 12.0 Å². The molecule has 0 saturated carbocycles. The molecule has 1 aliphatic rings. The van der Waals surface area contributed by atoms with E-state index in [1.54, 1.807) is 0 Å². The van der Waals surface area contributed by atoms with Crippen molar-refractivity contribution in [2.24, 2.45) is 0 Å². The van der Waals surface area contributed by atoms with Crippen molar-refractivity contribution in [1.82, 2.24) is 9.78 Å². The number of rotatable bonds is 11. The number of hydrogen-bond acceptors (Lipinski definition) is 2. The third kappa shape index (κ3) is 5.35. The van der Waals surface area contributed by atoms with Crippen LogP contribution in [0.4, 0.5) is 4.39 Å². The van der Waals surface area contributed by atoms with Gasteiger partial charge in [-0.15, -0.1) is 0 Å². The summed E-state index contributed by atoms with van der Waals surface area (Å²) in [6, 6.07) is 3.42. The Balaban J connectivity index is 2.20. The average molecular weight is 544 g/mol. The molecule has 168 valence electrons. The van der Waals surface area contributed by atoms with Gasteiger partial charge in [-0.05, 0) is 0 Å². The molecule has 2 aromatic rings. The number of hydrogen-bond donors (Lipinski definition) is 0. The van der Waals surface area contributed by atoms with Crippen LogP contribution < -0.4 is 3.71 Å². The van der Waals surface area contributed by atoms with Crippen molar-refractivity contribution in [1.29, 1.82) is 0 Å². The second kappa shape index (κ2) is 11.5. The molecule has 1 atom stereocenters. The molecule has 0 aliphatic carbocycles. The van der Waals surface area contributed by atoms with E-state index in [0.717, 1.165) is 31.3 Å². The van der Waals surface area contributed by atoms with Crippen molar-refractivity contribution in [2.75, 3.05) is 6.61 Å². The molecule has 0 N–H and O–H groups in total. The molecule has 1 fully saturated rings. The van der Waals surface area contributed by atoms with E-state index >= 15 is 4.39 Å². The van der Waals surface area contributed by atoms with E-state index in [1.165, 1.54) is 61.6 Å². The molecule has 0 bridgehead atoms. The Morgan fingerprint density at radius 1 is 1.07 bits per heavy atom. The zero-order valence-corrected chi connectivity index (χ0v) is 22.6. The summed E-state index contributed by atoms with van der Waals surface area (Å²) in [7, 11) is 0. The van der Waals surface area contributed by atoms with Gasteiger partial charge >= 0.3 is 191 Å². The van der Waals surface area contributed by atoms with Gasteiger partial charge in [0, 0.05) is 0 Å². The zero-order valence-electron chi connectivity index (χ0n) is 19.0. The fourth-order valence-corrected chi connectivity index (χ4v) is 21.3. The van der Waals surface area contributed by atoms with Gasteiger partial charge in [-0.2, -0.15) is 0 Å². The molecule has 0 spiro atoms. The van der Waals surface area contributed by atoms with Crippen molar-refractivity contribution in [2.45, 2.75) is 98.1 Å². The van der Waals surface area contributed by atoms with Crippen LogP contribution in [0.15, 0.2) is 12.1 Å². The Morgan fingerprint density at radius 2 is 1.70 bits per heavy atom. The number of ether oxygens (including phenoxy) is 1. The number of nitrogens with zero attached hydrogens (tertiary/aromatic N) is 2. The maximum atomic E-state index is 15.2. The number of fused-ring (bicyclic) bond motifs is 1. The molecular weight excluding hydrogens is 505 g/mol. The molecular formula is C24H38ClFN2OSn. The summed E-state index contributed by atoms with van der Waals surface area (Å²) in [5, 5.41) is 6.69. The van der Waals surface area contributed by atoms with Gasteiger partial charge in [0.15, 0.2) is 0 Å². The summed E-state index contributed by atoms with van der Waals surface area (Å²) in [6.07, 6.45) is 10.3. The Morgan fingerprint density at radius 3 is 2.23 bits per heavy atom. The van der Waals surface area contributed by atoms with Crippen LogP contribution in [0, 0.1) is 5.82 Å². The fraction of sp³-hybridized carbons (Fsp3) is 0.708. The van der Waals surface area contributed by atoms with Gasteiger partial charge in [-0.25, -0.2) is 0 Å². The fourth-order valence-electron chi connectivity index (χ4n) is 4.98. The van der Waals surface area contributed by atoms with Crippen LogP contribution in [0.2, 0.25) is 18.3 Å². The van der Waals surface area contributed by atoms with Crippen LogP contribution in [-0.2, 0) is 4.74 Å². The number of aromatic nitrogens is 2. The average Bonchev–Trinajstić information content (AvgIpc) is 3.14. The molecule has 1 aromatic carbocycles. The summed E-state index contributed by atoms with van der Waals surface area (Å²) in [4.78, 5) is 0. The quantitative estimate of drug-likeness (QED) is 0.273. The number of unbranched alkanes of at least 4 members (excludes halogenated alkanes) is 3. The van der Waals surface area contributed by atoms with Gasteiger partial charge in [0.2, 0.25) is 0 Å². The van der Waals surface area contributed by atoms with Crippen LogP contribution in [0.1, 0.15) is 84.8 Å². The molecule has 1 aromatic heterocycles. The summed E-state index contributed by atoms with van der Waals surface area (Å²) in [6.45, 7) is 7.56. The van der Waals surface area contributed by atoms with Gasteiger partial charge in [-0.3, -0.25) is 0 Å². The molecule has 0 amide bonds. The van der Waals surface area contributed by atoms with E-state index in [1.807, 2.05) is 10.7 Å². The first kappa shape index (κ1) is 24.3. The summed E-state index contributed by atoms with van der Waals surface area (Å²) in [5.41, 5.74) is 0.617. The van der Waals surface area contributed by atoms with Crippen LogP contribution in [-0.4, -0.2) is 34.8 Å². The molecule has 1 unspecified atom stereocenters. The summed E-state index contributed by atoms with van der Waals surface area (Å²) in [5.74, 6) is -0.257. The van der Waals surface area contributed by atoms with Crippen molar-refractivity contribution in [3.8, 4) is 0 Å². The van der Waals surface area contributed by atoms with Crippen LogP contribution >= 0.6 is 11.6 Å². The van der Waals surface area contributed by atoms with Crippen molar-refractivity contribution >= 4 is 44.6 Å². The van der Waals surface area contributed by atoms with E-state index in [2.05, 4.69) is 20.8 Å². The van der Waals surface area contributed by atoms with Crippen LogP contribution in [0.3, 0.4) is 0 Å². The molecule has 30 heavy (non-hydrogen) atoms. The van der Waals surface area contributed by atoms with E-state index < -0.39 is 18.4 Å². The second-order valence-electron chi connectivity index (χ2n) is 8.99. The van der Waals surface area contributed by atoms with E-state index in [4.69, 9.17) is 21.4 Å². The van der Waals surface area contributed by atoms with Crippen molar-refractivity contribution in [3.63, 3.8) is 0 Å². The van der Waals surface area contributed by atoms with Gasteiger partial charge < -0.3 is 0 Å². The predicted molar refractivity (Wildman–Crippen MR) is 128 cm³/mol. The molecule has 6 heteroatoms. The normalized spacial score (nSPS) is 17.7. The van der Waals surface area contributed by atoms with Crippen LogP contribution in [0.5, 0.6) is 0 Å². The van der Waals surface area contributed by atoms with Crippen LogP contribution in [0.25, 0.3) is 10.9 Å². The SMILES string of the molecule is CCC[CH2][Sn]([CH2]CCC)([CH2]CCC)[c]1nn(C2CCCCO2)c2c(F)cc(Cl)cc12. The van der Waals surface area contributed by atoms with E-state index in [0.29, 0.717) is 10.5 Å². The van der Waals surface area contributed by atoms with Gasteiger partial charge in [0.1, 0.15) is 0 Å². The Bertz CT molecular complexity index is 797. The van der Waals surface area contributed by atoms with Gasteiger partial charge in [0.25, 0.3) is 0 Å². The standard InChI is InChI=1S/C12H11ClFN2O.3C4H9.Sn/c13-9-5-8-7-15-16(12(8)10(14)6-9)11-3-1-2-4-17-11;3*1-3-4-2;/h5-6,11H,1-4H2;3*1,3-4H2,2H3;. The van der Waals surface area contributed by atoms with Crippen molar-refractivity contribution in [3.05, 3.63) is 23.0 Å². The minimum atomic E-state index is -2.86. The van der Waals surface area contributed by atoms with Gasteiger partial charge in [0.05, 0.1) is 0 Å². The first-order valence-electron chi connectivity index (χ1n) is 12.1. The second-order valence-corrected chi connectivity index (χ2v) is 22.4. The molecule has 3 rings (SSSR count). The first-order chi connectivity index (χ1) is 14.6. The predicted octanol–water partition coefficient (Wildman–Crippen LogP) is 7.58. The minimum absolute atomic E-state index is 0.154. The maximum absolute atomic E-state index is 15.2. The summed E-state index contributed by atoms with van der Waals surface area (Å²) >= 11 is 3.51. The third-order valence-corrected chi connectivity index (χ3v) is 22.0. The monoisotopic (exact) mass is 544 g/mol. The number of halogens is 2. The third-order valence-electron chi connectivity index (χ3n) is 6.68. The first-order valence-corrected chi connectivity index (χ1v) is 19.9. The summed E-state index contributed by atoms with van der Waals surface area (Å²) < 4.78 is 28.3. The molecule has 3 nitrogen and oxygen atoms in total. The Labute approximate surface area is 190 Å². The molecule has 0 radical (unpaired) electrons. The number of benzene rings is 1. The molecule has 1 aliphatic heterocycles. The zero-order chi connectivity index (χ0) is 21.6. The molecule has 1 saturated heterocycles. The van der Waals surface area contributed by atoms with E-state index in [9.17, 15) is 0 Å². The van der Waals surface area contributed by atoms with Crippen molar-refractivity contribution < 1.29 is 9.13 Å². The Hall–Kier alpha value is -0.331. The molecule has 2 heterocycles. The Kier molecular flexibility index (Phi) is 9.33. The topological polar surface area (TPSA) is 27.1 Å².